The molecule has 0 saturated carbocycles. The highest BCUT2D eigenvalue weighted by molar-refractivity contribution is 5.84. The van der Waals surface area contributed by atoms with Gasteiger partial charge in [0.25, 0.3) is 0 Å². The fourth-order valence-electron chi connectivity index (χ4n) is 2.87. The first-order valence-corrected chi connectivity index (χ1v) is 8.58. The molecule has 7 heteroatoms. The Hall–Kier alpha value is -1.89. The van der Waals surface area contributed by atoms with Crippen molar-refractivity contribution in [1.82, 2.24) is 24.7 Å². The van der Waals surface area contributed by atoms with E-state index in [0.29, 0.717) is 19.0 Å². The van der Waals surface area contributed by atoms with Crippen LogP contribution in [0.4, 0.5) is 0 Å². The highest BCUT2D eigenvalue weighted by atomic mass is 16.2. The van der Waals surface area contributed by atoms with E-state index in [0.717, 1.165) is 31.6 Å². The van der Waals surface area contributed by atoms with Crippen LogP contribution >= 0.6 is 0 Å². The fraction of sp³-hybridized carbons (Fsp3) is 0.706. The maximum Gasteiger partial charge on any atom is 0.241 e. The lowest BCUT2D eigenvalue weighted by Crippen LogP contribution is -2.40. The van der Waals surface area contributed by atoms with Gasteiger partial charge in [0.1, 0.15) is 0 Å². The summed E-state index contributed by atoms with van der Waals surface area (Å²) in [6, 6.07) is 0.318. The Morgan fingerprint density at radius 3 is 2.75 bits per heavy atom. The molecule has 1 atom stereocenters. The Balaban J connectivity index is 1.79. The van der Waals surface area contributed by atoms with Crippen molar-refractivity contribution in [3.63, 3.8) is 0 Å². The zero-order chi connectivity index (χ0) is 17.7. The summed E-state index contributed by atoms with van der Waals surface area (Å²) in [4.78, 5) is 31.5. The van der Waals surface area contributed by atoms with Crippen molar-refractivity contribution in [1.29, 1.82) is 0 Å². The molecule has 1 aliphatic heterocycles. The summed E-state index contributed by atoms with van der Waals surface area (Å²) in [6.07, 6.45) is 4.08. The molecule has 1 aliphatic rings. The van der Waals surface area contributed by atoms with Crippen LogP contribution in [0.2, 0.25) is 0 Å². The molecule has 0 aliphatic carbocycles. The number of hydrogen-bond acceptors (Lipinski definition) is 4. The quantitative estimate of drug-likeness (QED) is 0.825. The summed E-state index contributed by atoms with van der Waals surface area (Å²) in [6.45, 7) is 6.64. The Labute approximate surface area is 144 Å². The highest BCUT2D eigenvalue weighted by Crippen LogP contribution is 2.12. The van der Waals surface area contributed by atoms with Gasteiger partial charge in [0.05, 0.1) is 18.6 Å². The molecule has 134 valence electrons. The zero-order valence-electron chi connectivity index (χ0n) is 15.2. The predicted octanol–water partition coefficient (Wildman–Crippen LogP) is 0.559. The predicted molar refractivity (Wildman–Crippen MR) is 92.6 cm³/mol. The summed E-state index contributed by atoms with van der Waals surface area (Å²) in [5.74, 6) is 0.0521. The lowest BCUT2D eigenvalue weighted by atomic mass is 10.1. The van der Waals surface area contributed by atoms with E-state index in [2.05, 4.69) is 21.8 Å². The van der Waals surface area contributed by atoms with Gasteiger partial charge in [0, 0.05) is 51.9 Å². The van der Waals surface area contributed by atoms with Crippen LogP contribution in [0.3, 0.4) is 0 Å². The average molecular weight is 335 g/mol. The lowest BCUT2D eigenvalue weighted by molar-refractivity contribution is -0.138. The van der Waals surface area contributed by atoms with Gasteiger partial charge in [-0.25, -0.2) is 4.98 Å². The first-order chi connectivity index (χ1) is 11.4. The van der Waals surface area contributed by atoms with E-state index in [1.54, 1.807) is 19.0 Å². The Kier molecular flexibility index (Phi) is 6.36. The number of carbonyl (C=O) groups is 2. The Morgan fingerprint density at radius 1 is 1.38 bits per heavy atom. The summed E-state index contributed by atoms with van der Waals surface area (Å²) >= 11 is 0. The summed E-state index contributed by atoms with van der Waals surface area (Å²) in [7, 11) is 3.43. The molecule has 7 nitrogen and oxygen atoms in total. The number of imidazole rings is 1. The molecular formula is C17H29N5O2. The smallest absolute Gasteiger partial charge is 0.241 e. The van der Waals surface area contributed by atoms with Crippen molar-refractivity contribution in [2.24, 2.45) is 0 Å². The topological polar surface area (TPSA) is 70.5 Å². The molecule has 2 heterocycles. The van der Waals surface area contributed by atoms with Crippen LogP contribution in [0.1, 0.15) is 30.7 Å². The molecule has 2 rings (SSSR count). The number of rotatable bonds is 6. The SMILES string of the molecule is Cc1ncn(CCN[C@@H]2CCC(=O)N(CC(=O)N(C)C)CC2)c1C. The molecular weight excluding hydrogens is 306 g/mol. The third-order valence-corrected chi connectivity index (χ3v) is 4.76. The van der Waals surface area contributed by atoms with Crippen LogP contribution < -0.4 is 5.32 Å². The van der Waals surface area contributed by atoms with E-state index in [-0.39, 0.29) is 18.4 Å². The number of amides is 2. The van der Waals surface area contributed by atoms with Gasteiger partial charge in [0.15, 0.2) is 0 Å². The van der Waals surface area contributed by atoms with E-state index >= 15 is 0 Å². The maximum atomic E-state index is 12.2. The summed E-state index contributed by atoms with van der Waals surface area (Å²) in [5, 5.41) is 3.54. The van der Waals surface area contributed by atoms with E-state index in [4.69, 9.17) is 0 Å². The zero-order valence-corrected chi connectivity index (χ0v) is 15.2. The molecule has 0 spiro atoms. The van der Waals surface area contributed by atoms with Gasteiger partial charge in [-0.05, 0) is 26.7 Å². The molecule has 1 aromatic heterocycles. The lowest BCUT2D eigenvalue weighted by Gasteiger charge is -2.22. The normalized spacial score (nSPS) is 18.6. The van der Waals surface area contributed by atoms with Crippen LogP contribution in [-0.4, -0.2) is 70.9 Å². The van der Waals surface area contributed by atoms with Gasteiger partial charge >= 0.3 is 0 Å². The van der Waals surface area contributed by atoms with Gasteiger partial charge < -0.3 is 19.7 Å². The number of likely N-dealkylation sites (N-methyl/N-ethyl adjacent to an activating group) is 1. The van der Waals surface area contributed by atoms with Crippen molar-refractivity contribution in [3.8, 4) is 0 Å². The van der Waals surface area contributed by atoms with E-state index in [1.165, 1.54) is 10.6 Å². The fourth-order valence-corrected chi connectivity index (χ4v) is 2.87. The number of aryl methyl sites for hydroxylation is 1. The monoisotopic (exact) mass is 335 g/mol. The second-order valence-corrected chi connectivity index (χ2v) is 6.69. The minimum atomic E-state index is -0.0271. The van der Waals surface area contributed by atoms with Crippen LogP contribution in [0.15, 0.2) is 6.33 Å². The van der Waals surface area contributed by atoms with Crippen molar-refractivity contribution >= 4 is 11.8 Å². The molecule has 1 saturated heterocycles. The van der Waals surface area contributed by atoms with Gasteiger partial charge in [-0.1, -0.05) is 0 Å². The Morgan fingerprint density at radius 2 is 2.12 bits per heavy atom. The van der Waals surface area contributed by atoms with Crippen molar-refractivity contribution in [2.75, 3.05) is 33.7 Å². The molecule has 1 fully saturated rings. The van der Waals surface area contributed by atoms with Crippen molar-refractivity contribution < 1.29 is 9.59 Å². The highest BCUT2D eigenvalue weighted by Gasteiger charge is 2.24. The minimum Gasteiger partial charge on any atom is -0.347 e. The van der Waals surface area contributed by atoms with Crippen LogP contribution in [-0.2, 0) is 16.1 Å². The molecule has 24 heavy (non-hydrogen) atoms. The average Bonchev–Trinajstić information content (AvgIpc) is 2.75. The van der Waals surface area contributed by atoms with Crippen molar-refractivity contribution in [3.05, 3.63) is 17.7 Å². The number of nitrogens with one attached hydrogen (secondary N) is 1. The largest absolute Gasteiger partial charge is 0.347 e. The number of aromatic nitrogens is 2. The minimum absolute atomic E-state index is 0.0271. The molecule has 0 unspecified atom stereocenters. The molecule has 0 aromatic carbocycles. The van der Waals surface area contributed by atoms with E-state index < -0.39 is 0 Å². The maximum absolute atomic E-state index is 12.2. The van der Waals surface area contributed by atoms with Crippen LogP contribution in [0, 0.1) is 13.8 Å². The first kappa shape index (κ1) is 18.4. The van der Waals surface area contributed by atoms with Crippen LogP contribution in [0.5, 0.6) is 0 Å². The van der Waals surface area contributed by atoms with Crippen molar-refractivity contribution in [2.45, 2.75) is 45.7 Å². The second-order valence-electron chi connectivity index (χ2n) is 6.69. The third-order valence-electron chi connectivity index (χ3n) is 4.76. The first-order valence-electron chi connectivity index (χ1n) is 8.58. The number of hydrogen-bond donors (Lipinski definition) is 1. The number of nitrogens with zero attached hydrogens (tertiary/aromatic N) is 4. The molecule has 0 radical (unpaired) electrons. The molecule has 1 N–H and O–H groups in total. The van der Waals surface area contributed by atoms with Crippen LogP contribution in [0.25, 0.3) is 0 Å². The second kappa shape index (κ2) is 8.28. The standard InChI is InChI=1S/C17H29N5O2/c1-13-14(2)22(12-19-13)10-8-18-15-5-6-16(23)21(9-7-15)11-17(24)20(3)4/h12,15,18H,5-11H2,1-4H3/t15-/m1/s1. The summed E-state index contributed by atoms with van der Waals surface area (Å²) < 4.78 is 2.15. The van der Waals surface area contributed by atoms with E-state index in [1.807, 2.05) is 13.3 Å². The van der Waals surface area contributed by atoms with Gasteiger partial charge in [-0.3, -0.25) is 9.59 Å². The number of likely N-dealkylation sites (tertiary alicyclic amines) is 1. The van der Waals surface area contributed by atoms with Gasteiger partial charge in [0.2, 0.25) is 11.8 Å². The van der Waals surface area contributed by atoms with Gasteiger partial charge in [-0.2, -0.15) is 0 Å². The van der Waals surface area contributed by atoms with E-state index in [9.17, 15) is 9.59 Å². The molecule has 1 aromatic rings. The summed E-state index contributed by atoms with van der Waals surface area (Å²) in [5.41, 5.74) is 2.26. The number of carbonyl (C=O) groups excluding carboxylic acids is 2. The molecule has 2 amide bonds. The Bertz CT molecular complexity index is 582. The molecule has 0 bridgehead atoms. The third kappa shape index (κ3) is 4.80. The van der Waals surface area contributed by atoms with Gasteiger partial charge in [-0.15, -0.1) is 0 Å².